The zero-order chi connectivity index (χ0) is 24.0. The molecule has 0 aromatic carbocycles. The van der Waals surface area contributed by atoms with Gasteiger partial charge in [0.1, 0.15) is 0 Å². The fourth-order valence-electron chi connectivity index (χ4n) is 3.46. The van der Waals surface area contributed by atoms with E-state index < -0.39 is 0 Å². The van der Waals surface area contributed by atoms with Gasteiger partial charge in [-0.25, -0.2) is 0 Å². The second kappa shape index (κ2) is 42.8. The van der Waals surface area contributed by atoms with Crippen LogP contribution < -0.4 is 0 Å². The third kappa shape index (κ3) is 50.5. The van der Waals surface area contributed by atoms with Gasteiger partial charge in [0, 0.05) is 10.5 Å². The van der Waals surface area contributed by atoms with Gasteiger partial charge in [-0.15, -0.1) is 0 Å². The molecular weight excluding hydrogens is 436 g/mol. The average Bonchev–Trinajstić information content (AvgIpc) is 2.77. The summed E-state index contributed by atoms with van der Waals surface area (Å²) in [5.41, 5.74) is 0. The quantitative estimate of drug-likeness (QED) is 0.118. The van der Waals surface area contributed by atoms with E-state index in [4.69, 9.17) is 0 Å². The first-order valence-electron chi connectivity index (χ1n) is 14.4. The van der Waals surface area contributed by atoms with Crippen LogP contribution in [0.1, 0.15) is 191 Å². The molecule has 0 nitrogen and oxygen atoms in total. The van der Waals surface area contributed by atoms with Crippen LogP contribution in [0.2, 0.25) is 0 Å². The molecule has 0 heterocycles. The van der Waals surface area contributed by atoms with E-state index in [1.54, 1.807) is 0 Å². The lowest BCUT2D eigenvalue weighted by Crippen LogP contribution is -1.97. The number of hydrogen-bond donors (Lipinski definition) is 2. The predicted octanol–water partition coefficient (Wildman–Crippen LogP) is 13.1. The zero-order valence-electron chi connectivity index (χ0n) is 22.9. The van der Waals surface area contributed by atoms with Crippen LogP contribution in [0.15, 0.2) is 0 Å². The maximum atomic E-state index is 4.54. The summed E-state index contributed by atoms with van der Waals surface area (Å²) in [6.07, 6.45) is 28.7. The molecule has 2 unspecified atom stereocenters. The molecule has 0 aliphatic carbocycles. The number of hydrogen-bond acceptors (Lipinski definition) is 2. The lowest BCUT2D eigenvalue weighted by molar-refractivity contribution is 0.599. The largest absolute Gasteiger partial charge is 0.176 e. The number of rotatable bonds is 20. The molecule has 0 bridgehead atoms. The Morgan fingerprint density at radius 2 is 0.545 bits per heavy atom. The SMILES string of the molecule is C.C.CCCCCC(S)CCCC.CCCCCC(S)CCCC.CCCCCCCCC. The average molecular weight is 509 g/mol. The topological polar surface area (TPSA) is 0 Å². The standard InChI is InChI=1S/2C10H22S.C9H20.2CH4/c2*1-3-5-7-9-10(11)8-6-4-2;1-3-5-7-9-8-6-4-2;;/h2*10-11H,3-9H2,1-2H3;3-9H2,1-2H3;2*1H4. The fraction of sp³-hybridized carbons (Fsp3) is 1.00. The van der Waals surface area contributed by atoms with Gasteiger partial charge in [-0.1, -0.05) is 166 Å². The van der Waals surface area contributed by atoms with Crippen LogP contribution in [-0.4, -0.2) is 10.5 Å². The highest BCUT2D eigenvalue weighted by atomic mass is 32.1. The van der Waals surface area contributed by atoms with Gasteiger partial charge in [0.25, 0.3) is 0 Å². The second-order valence-corrected chi connectivity index (χ2v) is 10.8. The van der Waals surface area contributed by atoms with E-state index in [2.05, 4.69) is 66.8 Å². The lowest BCUT2D eigenvalue weighted by Gasteiger charge is -2.08. The molecular formula is C31H72S2. The van der Waals surface area contributed by atoms with Crippen molar-refractivity contribution in [3.63, 3.8) is 0 Å². The molecule has 2 heteroatoms. The Labute approximate surface area is 226 Å². The van der Waals surface area contributed by atoms with Crippen LogP contribution in [0.5, 0.6) is 0 Å². The van der Waals surface area contributed by atoms with Crippen LogP contribution in [0.25, 0.3) is 0 Å². The summed E-state index contributed by atoms with van der Waals surface area (Å²) in [4.78, 5) is 0. The minimum atomic E-state index is 0. The molecule has 0 saturated heterocycles. The third-order valence-corrected chi connectivity index (χ3v) is 6.80. The van der Waals surface area contributed by atoms with Crippen molar-refractivity contribution in [3.05, 3.63) is 0 Å². The number of unbranched alkanes of at least 4 members (excludes halogenated alkanes) is 12. The lowest BCUT2D eigenvalue weighted by atomic mass is 10.1. The van der Waals surface area contributed by atoms with E-state index in [0.29, 0.717) is 10.5 Å². The highest BCUT2D eigenvalue weighted by Crippen LogP contribution is 2.15. The van der Waals surface area contributed by atoms with Gasteiger partial charge in [0.15, 0.2) is 0 Å². The Hall–Kier alpha value is 0.700. The Kier molecular flexibility index (Phi) is 56.8. The molecule has 0 spiro atoms. The van der Waals surface area contributed by atoms with Crippen molar-refractivity contribution in [2.24, 2.45) is 0 Å². The van der Waals surface area contributed by atoms with Crippen LogP contribution >= 0.6 is 25.3 Å². The van der Waals surface area contributed by atoms with E-state index in [0.717, 1.165) is 0 Å². The summed E-state index contributed by atoms with van der Waals surface area (Å²) in [5, 5.41) is 1.34. The van der Waals surface area contributed by atoms with Gasteiger partial charge in [0.2, 0.25) is 0 Å². The van der Waals surface area contributed by atoms with Gasteiger partial charge < -0.3 is 0 Å². The first-order valence-corrected chi connectivity index (χ1v) is 15.4. The van der Waals surface area contributed by atoms with Crippen LogP contribution in [0.4, 0.5) is 0 Å². The minimum Gasteiger partial charge on any atom is -0.176 e. The van der Waals surface area contributed by atoms with Crippen molar-refractivity contribution in [1.82, 2.24) is 0 Å². The Morgan fingerprint density at radius 1 is 0.333 bits per heavy atom. The Balaban J connectivity index is -0.000000116. The third-order valence-electron chi connectivity index (χ3n) is 5.77. The molecule has 0 amide bonds. The van der Waals surface area contributed by atoms with Crippen LogP contribution in [0.3, 0.4) is 0 Å². The Morgan fingerprint density at radius 3 is 0.818 bits per heavy atom. The predicted molar refractivity (Wildman–Crippen MR) is 170 cm³/mol. The first-order chi connectivity index (χ1) is 15.0. The summed E-state index contributed by atoms with van der Waals surface area (Å²) in [7, 11) is 0. The van der Waals surface area contributed by atoms with Crippen molar-refractivity contribution in [2.75, 3.05) is 0 Å². The molecule has 0 aromatic rings. The number of thiol groups is 2. The van der Waals surface area contributed by atoms with Gasteiger partial charge in [-0.05, 0) is 25.7 Å². The van der Waals surface area contributed by atoms with Crippen molar-refractivity contribution < 1.29 is 0 Å². The molecule has 0 saturated carbocycles. The molecule has 0 N–H and O–H groups in total. The van der Waals surface area contributed by atoms with E-state index >= 15 is 0 Å². The monoisotopic (exact) mass is 509 g/mol. The van der Waals surface area contributed by atoms with E-state index in [-0.39, 0.29) is 14.9 Å². The zero-order valence-corrected chi connectivity index (χ0v) is 24.7. The summed E-state index contributed by atoms with van der Waals surface area (Å²) >= 11 is 9.07. The maximum Gasteiger partial charge on any atom is 0.00168 e. The molecule has 0 aromatic heterocycles. The minimum absolute atomic E-state index is 0. The highest BCUT2D eigenvalue weighted by Gasteiger charge is 2.01. The molecule has 208 valence electrons. The van der Waals surface area contributed by atoms with Gasteiger partial charge in [0.05, 0.1) is 0 Å². The first kappa shape index (κ1) is 43.7. The van der Waals surface area contributed by atoms with Crippen molar-refractivity contribution in [2.45, 2.75) is 202 Å². The molecule has 33 heavy (non-hydrogen) atoms. The molecule has 0 aliphatic heterocycles. The van der Waals surface area contributed by atoms with Gasteiger partial charge in [-0.3, -0.25) is 0 Å². The molecule has 0 fully saturated rings. The van der Waals surface area contributed by atoms with Crippen molar-refractivity contribution in [1.29, 1.82) is 0 Å². The van der Waals surface area contributed by atoms with Crippen LogP contribution in [0, 0.1) is 0 Å². The normalized spacial score (nSPS) is 11.6. The molecule has 0 aliphatic rings. The van der Waals surface area contributed by atoms with E-state index in [1.807, 2.05) is 0 Å². The van der Waals surface area contributed by atoms with Crippen LogP contribution in [-0.2, 0) is 0 Å². The summed E-state index contributed by atoms with van der Waals surface area (Å²) in [6, 6.07) is 0. The molecule has 2 atom stereocenters. The van der Waals surface area contributed by atoms with Crippen molar-refractivity contribution in [3.8, 4) is 0 Å². The summed E-state index contributed by atoms with van der Waals surface area (Å²) in [5.74, 6) is 0. The smallest absolute Gasteiger partial charge is 0.00168 e. The Bertz CT molecular complexity index is 242. The fourth-order valence-corrected chi connectivity index (χ4v) is 4.19. The van der Waals surface area contributed by atoms with Gasteiger partial charge in [-0.2, -0.15) is 25.3 Å². The van der Waals surface area contributed by atoms with Crippen molar-refractivity contribution >= 4 is 25.3 Å². The molecule has 0 rings (SSSR count). The highest BCUT2D eigenvalue weighted by molar-refractivity contribution is 7.81. The van der Waals surface area contributed by atoms with E-state index in [1.165, 1.54) is 135 Å². The second-order valence-electron chi connectivity index (χ2n) is 9.35. The summed E-state index contributed by atoms with van der Waals surface area (Å²) in [6.45, 7) is 13.5. The summed E-state index contributed by atoms with van der Waals surface area (Å²) < 4.78 is 0. The molecule has 0 radical (unpaired) electrons. The van der Waals surface area contributed by atoms with E-state index in [9.17, 15) is 0 Å². The maximum absolute atomic E-state index is 4.54. The van der Waals surface area contributed by atoms with Gasteiger partial charge >= 0.3 is 0 Å².